The zero-order valence-corrected chi connectivity index (χ0v) is 20.0. The lowest BCUT2D eigenvalue weighted by atomic mass is 9.85. The molecule has 4 aromatic carbocycles. The number of thiophene rings is 1. The first-order valence-electron chi connectivity index (χ1n) is 10.8. The second-order valence-electron chi connectivity index (χ2n) is 7.68. The maximum atomic E-state index is 11.2. The van der Waals surface area contributed by atoms with Crippen LogP contribution in [0.5, 0.6) is 0 Å². The van der Waals surface area contributed by atoms with Crippen molar-refractivity contribution in [2.75, 3.05) is 0 Å². The lowest BCUT2D eigenvalue weighted by Crippen LogP contribution is -2.04. The van der Waals surface area contributed by atoms with Gasteiger partial charge in [0, 0.05) is 5.92 Å². The summed E-state index contributed by atoms with van der Waals surface area (Å²) in [5.41, 5.74) is 5.83. The highest BCUT2D eigenvalue weighted by molar-refractivity contribution is 7.85. The highest BCUT2D eigenvalue weighted by Crippen LogP contribution is 2.32. The predicted octanol–water partition coefficient (Wildman–Crippen LogP) is 7.53. The van der Waals surface area contributed by atoms with Gasteiger partial charge in [0.15, 0.2) is 0 Å². The molecule has 1 N–H and O–H groups in total. The van der Waals surface area contributed by atoms with E-state index in [2.05, 4.69) is 41.1 Å². The quantitative estimate of drug-likeness (QED) is 0.207. The molecule has 0 bridgehead atoms. The molecular formula is C29H24O3S2. The van der Waals surface area contributed by atoms with Gasteiger partial charge in [-0.3, -0.25) is 4.55 Å². The molecule has 0 amide bonds. The second-order valence-corrected chi connectivity index (χ2v) is 9.88. The van der Waals surface area contributed by atoms with Gasteiger partial charge in [-0.1, -0.05) is 103 Å². The number of hydrogen-bond donors (Lipinski definition) is 1. The molecule has 0 aliphatic carbocycles. The van der Waals surface area contributed by atoms with Crippen LogP contribution in [0.4, 0.5) is 0 Å². The molecule has 1 aromatic heterocycles. The van der Waals surface area contributed by atoms with Gasteiger partial charge in [0.1, 0.15) is 0 Å². The number of hydrogen-bond acceptors (Lipinski definition) is 3. The van der Waals surface area contributed by atoms with Gasteiger partial charge < -0.3 is 0 Å². The summed E-state index contributed by atoms with van der Waals surface area (Å²) in [6.07, 6.45) is 0. The van der Waals surface area contributed by atoms with Crippen LogP contribution in [-0.4, -0.2) is 13.0 Å². The normalized spacial score (nSPS) is 11.0. The Balaban J connectivity index is 0.000000207. The minimum absolute atomic E-state index is 0.00727. The van der Waals surface area contributed by atoms with E-state index in [0.29, 0.717) is 0 Å². The second kappa shape index (κ2) is 11.1. The molecule has 34 heavy (non-hydrogen) atoms. The third-order valence-electron chi connectivity index (χ3n) is 5.41. The molecule has 0 fully saturated rings. The predicted molar refractivity (Wildman–Crippen MR) is 140 cm³/mol. The highest BCUT2D eigenvalue weighted by Gasteiger charge is 2.17. The van der Waals surface area contributed by atoms with Crippen molar-refractivity contribution < 1.29 is 13.0 Å². The van der Waals surface area contributed by atoms with E-state index in [1.54, 1.807) is 23.5 Å². The summed E-state index contributed by atoms with van der Waals surface area (Å²) in [7, 11) is -4.17. The van der Waals surface area contributed by atoms with E-state index < -0.39 is 10.1 Å². The first kappa shape index (κ1) is 23.6. The third-order valence-corrected chi connectivity index (χ3v) is 6.96. The fourth-order valence-electron chi connectivity index (χ4n) is 3.76. The maximum Gasteiger partial charge on any atom is 0.294 e. The first-order chi connectivity index (χ1) is 16.5. The molecule has 5 heteroatoms. The highest BCUT2D eigenvalue weighted by atomic mass is 32.2. The van der Waals surface area contributed by atoms with Crippen LogP contribution < -0.4 is 0 Å². The largest absolute Gasteiger partial charge is 0.294 e. The van der Waals surface area contributed by atoms with Crippen LogP contribution in [0.2, 0.25) is 0 Å². The Morgan fingerprint density at radius 1 is 0.559 bits per heavy atom. The van der Waals surface area contributed by atoms with E-state index >= 15 is 0 Å². The van der Waals surface area contributed by atoms with Crippen molar-refractivity contribution in [1.82, 2.24) is 0 Å². The van der Waals surface area contributed by atoms with Gasteiger partial charge in [0.25, 0.3) is 10.1 Å². The summed E-state index contributed by atoms with van der Waals surface area (Å²) in [6, 6.07) is 39.0. The first-order valence-corrected chi connectivity index (χ1v) is 13.2. The smallest absolute Gasteiger partial charge is 0.282 e. The van der Waals surface area contributed by atoms with E-state index in [1.165, 1.54) is 23.3 Å². The molecule has 3 nitrogen and oxygen atoms in total. The lowest BCUT2D eigenvalue weighted by Gasteiger charge is -2.19. The lowest BCUT2D eigenvalue weighted by molar-refractivity contribution is 0.483. The van der Waals surface area contributed by atoms with Crippen molar-refractivity contribution in [3.8, 4) is 11.1 Å². The van der Waals surface area contributed by atoms with Crippen molar-refractivity contribution in [2.24, 2.45) is 0 Å². The monoisotopic (exact) mass is 484 g/mol. The van der Waals surface area contributed by atoms with Crippen molar-refractivity contribution in [1.29, 1.82) is 0 Å². The third kappa shape index (κ3) is 6.08. The van der Waals surface area contributed by atoms with Gasteiger partial charge in [-0.25, -0.2) is 0 Å². The van der Waals surface area contributed by atoms with E-state index in [9.17, 15) is 8.42 Å². The molecule has 170 valence electrons. The van der Waals surface area contributed by atoms with Gasteiger partial charge in [-0.2, -0.15) is 19.8 Å². The molecule has 0 saturated heterocycles. The summed E-state index contributed by atoms with van der Waals surface area (Å²) in [6.45, 7) is 0. The average molecular weight is 485 g/mol. The molecule has 0 aliphatic heterocycles. The van der Waals surface area contributed by atoms with Crippen LogP contribution >= 0.6 is 11.3 Å². The minimum atomic E-state index is -4.17. The topological polar surface area (TPSA) is 54.4 Å². The Hall–Kier alpha value is -3.51. The van der Waals surface area contributed by atoms with Crippen LogP contribution in [0.3, 0.4) is 0 Å². The summed E-state index contributed by atoms with van der Waals surface area (Å²) in [5, 5.41) is 4.26. The Morgan fingerprint density at radius 2 is 1.03 bits per heavy atom. The van der Waals surface area contributed by atoms with Crippen molar-refractivity contribution >= 4 is 21.5 Å². The number of rotatable bonds is 5. The van der Waals surface area contributed by atoms with Crippen LogP contribution in [-0.2, 0) is 10.1 Å². The molecule has 5 aromatic rings. The van der Waals surface area contributed by atoms with Gasteiger partial charge >= 0.3 is 0 Å². The molecular weight excluding hydrogens is 460 g/mol. The van der Waals surface area contributed by atoms with E-state index in [-0.39, 0.29) is 10.8 Å². The SMILES string of the molecule is O=S(=O)(O)c1ccc(C(c2ccccc2)c2ccccc2)cc1.c1ccc(-c2ccsc2)cc1. The van der Waals surface area contributed by atoms with Gasteiger partial charge in [0.2, 0.25) is 0 Å². The van der Waals surface area contributed by atoms with Crippen LogP contribution in [0.1, 0.15) is 22.6 Å². The fraction of sp³-hybridized carbons (Fsp3) is 0.0345. The Labute approximate surface area is 204 Å². The molecule has 5 rings (SSSR count). The summed E-state index contributed by atoms with van der Waals surface area (Å²) >= 11 is 1.73. The molecule has 0 aliphatic rings. The Kier molecular flexibility index (Phi) is 7.70. The fourth-order valence-corrected chi connectivity index (χ4v) is 4.90. The average Bonchev–Trinajstić information content (AvgIpc) is 3.42. The maximum absolute atomic E-state index is 11.2. The van der Waals surface area contributed by atoms with Gasteiger partial charge in [0.05, 0.1) is 4.90 Å². The van der Waals surface area contributed by atoms with Crippen molar-refractivity contribution in [3.05, 3.63) is 149 Å². The molecule has 0 saturated carbocycles. The van der Waals surface area contributed by atoms with Crippen LogP contribution in [0, 0.1) is 0 Å². The minimum Gasteiger partial charge on any atom is -0.282 e. The van der Waals surface area contributed by atoms with E-state index in [1.807, 2.05) is 66.7 Å². The Bertz CT molecular complexity index is 1340. The molecule has 0 atom stereocenters. The zero-order chi connectivity index (χ0) is 23.8. The van der Waals surface area contributed by atoms with E-state index in [0.717, 1.165) is 16.7 Å². The summed E-state index contributed by atoms with van der Waals surface area (Å²) in [4.78, 5) is -0.0962. The zero-order valence-electron chi connectivity index (χ0n) is 18.4. The van der Waals surface area contributed by atoms with E-state index in [4.69, 9.17) is 4.55 Å². The molecule has 0 radical (unpaired) electrons. The van der Waals surface area contributed by atoms with Crippen LogP contribution in [0.15, 0.2) is 137 Å². The number of benzene rings is 4. The summed E-state index contributed by atoms with van der Waals surface area (Å²) in [5.74, 6) is 0.00727. The molecule has 0 spiro atoms. The van der Waals surface area contributed by atoms with Crippen molar-refractivity contribution in [2.45, 2.75) is 10.8 Å². The van der Waals surface area contributed by atoms with Gasteiger partial charge in [-0.05, 0) is 56.8 Å². The molecule has 0 unspecified atom stereocenters. The van der Waals surface area contributed by atoms with Gasteiger partial charge in [-0.15, -0.1) is 0 Å². The Morgan fingerprint density at radius 3 is 1.47 bits per heavy atom. The summed E-state index contributed by atoms with van der Waals surface area (Å²) < 4.78 is 31.5. The van der Waals surface area contributed by atoms with Crippen LogP contribution in [0.25, 0.3) is 11.1 Å². The molecule has 1 heterocycles. The standard InChI is InChI=1S/C19H16O3S.C10H8S/c20-23(21,22)18-13-11-17(12-14-18)19(15-7-3-1-4-8-15)16-9-5-2-6-10-16;1-2-4-9(5-3-1)10-6-7-11-8-10/h1-14,19H,(H,20,21,22);1-8H. The van der Waals surface area contributed by atoms with Crippen molar-refractivity contribution in [3.63, 3.8) is 0 Å².